The van der Waals surface area contributed by atoms with Gasteiger partial charge in [-0.2, -0.15) is 0 Å². The SMILES string of the molecule is c1ccc2[nH]c(OC3CCCNC3)cc2c1. The van der Waals surface area contributed by atoms with Crippen molar-refractivity contribution in [3.63, 3.8) is 0 Å². The molecule has 2 N–H and O–H groups in total. The summed E-state index contributed by atoms with van der Waals surface area (Å²) in [6.45, 7) is 2.07. The van der Waals surface area contributed by atoms with Crippen molar-refractivity contribution < 1.29 is 4.74 Å². The van der Waals surface area contributed by atoms with Crippen molar-refractivity contribution in [1.29, 1.82) is 0 Å². The molecule has 1 saturated heterocycles. The zero-order chi connectivity index (χ0) is 10.8. The lowest BCUT2D eigenvalue weighted by Gasteiger charge is -2.22. The highest BCUT2D eigenvalue weighted by molar-refractivity contribution is 5.81. The average Bonchev–Trinajstić information content (AvgIpc) is 2.72. The van der Waals surface area contributed by atoms with Gasteiger partial charge in [0.15, 0.2) is 5.88 Å². The van der Waals surface area contributed by atoms with Crippen molar-refractivity contribution in [2.45, 2.75) is 18.9 Å². The second-order valence-electron chi connectivity index (χ2n) is 4.31. The Morgan fingerprint density at radius 3 is 3.00 bits per heavy atom. The smallest absolute Gasteiger partial charge is 0.192 e. The van der Waals surface area contributed by atoms with Crippen LogP contribution in [0.2, 0.25) is 0 Å². The van der Waals surface area contributed by atoms with E-state index >= 15 is 0 Å². The Labute approximate surface area is 94.8 Å². The zero-order valence-electron chi connectivity index (χ0n) is 9.20. The minimum Gasteiger partial charge on any atom is -0.474 e. The first-order valence-electron chi connectivity index (χ1n) is 5.87. The van der Waals surface area contributed by atoms with Gasteiger partial charge in [0, 0.05) is 23.5 Å². The van der Waals surface area contributed by atoms with E-state index < -0.39 is 0 Å². The van der Waals surface area contributed by atoms with Crippen LogP contribution < -0.4 is 10.1 Å². The summed E-state index contributed by atoms with van der Waals surface area (Å²) in [6.07, 6.45) is 2.65. The van der Waals surface area contributed by atoms with E-state index in [1.54, 1.807) is 0 Å². The first-order chi connectivity index (χ1) is 7.92. The molecule has 1 atom stereocenters. The number of fused-ring (bicyclic) bond motifs is 1. The predicted octanol–water partition coefficient (Wildman–Crippen LogP) is 2.30. The topological polar surface area (TPSA) is 37.0 Å². The summed E-state index contributed by atoms with van der Waals surface area (Å²) in [6, 6.07) is 10.3. The van der Waals surface area contributed by atoms with Gasteiger partial charge in [0.1, 0.15) is 6.10 Å². The number of hydrogen-bond acceptors (Lipinski definition) is 2. The fraction of sp³-hybridized carbons (Fsp3) is 0.385. The highest BCUT2D eigenvalue weighted by Gasteiger charge is 2.15. The molecule has 0 aliphatic carbocycles. The Kier molecular flexibility index (Phi) is 2.54. The predicted molar refractivity (Wildman–Crippen MR) is 64.8 cm³/mol. The van der Waals surface area contributed by atoms with Gasteiger partial charge in [-0.15, -0.1) is 0 Å². The number of para-hydroxylation sites is 1. The number of piperidine rings is 1. The maximum atomic E-state index is 5.92. The van der Waals surface area contributed by atoms with Crippen LogP contribution in [-0.4, -0.2) is 24.2 Å². The van der Waals surface area contributed by atoms with Crippen LogP contribution >= 0.6 is 0 Å². The standard InChI is InChI=1S/C13H16N2O/c1-2-6-12-10(4-1)8-13(15-12)16-11-5-3-7-14-9-11/h1-2,4,6,8,11,14-15H,3,5,7,9H2. The lowest BCUT2D eigenvalue weighted by atomic mass is 10.1. The van der Waals surface area contributed by atoms with E-state index in [-0.39, 0.29) is 0 Å². The molecule has 0 bridgehead atoms. The van der Waals surface area contributed by atoms with Crippen molar-refractivity contribution in [3.05, 3.63) is 30.3 Å². The van der Waals surface area contributed by atoms with Gasteiger partial charge in [0.25, 0.3) is 0 Å². The minimum absolute atomic E-state index is 0.307. The summed E-state index contributed by atoms with van der Waals surface area (Å²) in [5.41, 5.74) is 1.14. The van der Waals surface area contributed by atoms with Crippen LogP contribution in [0, 0.1) is 0 Å². The molecule has 84 valence electrons. The zero-order valence-corrected chi connectivity index (χ0v) is 9.20. The summed E-state index contributed by atoms with van der Waals surface area (Å²) >= 11 is 0. The van der Waals surface area contributed by atoms with Crippen LogP contribution in [0.3, 0.4) is 0 Å². The number of benzene rings is 1. The maximum Gasteiger partial charge on any atom is 0.192 e. The number of aromatic amines is 1. The highest BCUT2D eigenvalue weighted by Crippen LogP contribution is 2.21. The molecule has 1 aromatic heterocycles. The number of H-pyrrole nitrogens is 1. The van der Waals surface area contributed by atoms with Gasteiger partial charge in [-0.1, -0.05) is 18.2 Å². The van der Waals surface area contributed by atoms with Crippen LogP contribution in [0.15, 0.2) is 30.3 Å². The minimum atomic E-state index is 0.307. The molecule has 0 radical (unpaired) electrons. The number of rotatable bonds is 2. The Balaban J connectivity index is 1.78. The second kappa shape index (κ2) is 4.18. The summed E-state index contributed by atoms with van der Waals surface area (Å²) in [4.78, 5) is 3.29. The quantitative estimate of drug-likeness (QED) is 0.808. The molecule has 3 nitrogen and oxygen atoms in total. The first-order valence-corrected chi connectivity index (χ1v) is 5.87. The van der Waals surface area contributed by atoms with Crippen molar-refractivity contribution in [2.24, 2.45) is 0 Å². The van der Waals surface area contributed by atoms with Crippen LogP contribution in [0.1, 0.15) is 12.8 Å². The average molecular weight is 216 g/mol. The Morgan fingerprint density at radius 1 is 1.25 bits per heavy atom. The Bertz CT molecular complexity index is 438. The van der Waals surface area contributed by atoms with Gasteiger partial charge in [-0.3, -0.25) is 0 Å². The van der Waals surface area contributed by atoms with E-state index in [1.165, 1.54) is 11.8 Å². The molecule has 0 spiro atoms. The van der Waals surface area contributed by atoms with E-state index in [4.69, 9.17) is 4.74 Å². The number of hydrogen-bond donors (Lipinski definition) is 2. The molecule has 3 rings (SSSR count). The third kappa shape index (κ3) is 1.91. The summed E-state index contributed by atoms with van der Waals surface area (Å²) in [5.74, 6) is 0.884. The fourth-order valence-electron chi connectivity index (χ4n) is 2.21. The van der Waals surface area contributed by atoms with Gasteiger partial charge < -0.3 is 15.0 Å². The molecule has 2 heterocycles. The lowest BCUT2D eigenvalue weighted by molar-refractivity contribution is 0.162. The van der Waals surface area contributed by atoms with Crippen molar-refractivity contribution in [2.75, 3.05) is 13.1 Å². The van der Waals surface area contributed by atoms with E-state index in [9.17, 15) is 0 Å². The van der Waals surface area contributed by atoms with Gasteiger partial charge in [0.05, 0.1) is 0 Å². The number of aromatic nitrogens is 1. The van der Waals surface area contributed by atoms with Crippen molar-refractivity contribution >= 4 is 10.9 Å². The van der Waals surface area contributed by atoms with Crippen molar-refractivity contribution in [3.8, 4) is 5.88 Å². The molecule has 1 unspecified atom stereocenters. The molecule has 0 saturated carbocycles. The molecular formula is C13H16N2O. The first kappa shape index (κ1) is 9.73. The van der Waals surface area contributed by atoms with Gasteiger partial charge >= 0.3 is 0 Å². The molecule has 0 amide bonds. The van der Waals surface area contributed by atoms with Gasteiger partial charge in [-0.25, -0.2) is 0 Å². The van der Waals surface area contributed by atoms with Crippen LogP contribution in [0.4, 0.5) is 0 Å². The van der Waals surface area contributed by atoms with Crippen molar-refractivity contribution in [1.82, 2.24) is 10.3 Å². The molecule has 2 aromatic rings. The monoisotopic (exact) mass is 216 g/mol. The molecule has 16 heavy (non-hydrogen) atoms. The third-order valence-corrected chi connectivity index (χ3v) is 3.05. The molecular weight excluding hydrogens is 200 g/mol. The summed E-state index contributed by atoms with van der Waals surface area (Å²) in [5, 5.41) is 4.56. The fourth-order valence-corrected chi connectivity index (χ4v) is 2.21. The second-order valence-corrected chi connectivity index (χ2v) is 4.31. The van der Waals surface area contributed by atoms with Gasteiger partial charge in [0.2, 0.25) is 0 Å². The third-order valence-electron chi connectivity index (χ3n) is 3.05. The Hall–Kier alpha value is -1.48. The van der Waals surface area contributed by atoms with Crippen LogP contribution in [0.5, 0.6) is 5.88 Å². The van der Waals surface area contributed by atoms with E-state index in [0.29, 0.717) is 6.10 Å². The molecule has 1 aromatic carbocycles. The van der Waals surface area contributed by atoms with E-state index in [0.717, 1.165) is 30.9 Å². The molecule has 1 fully saturated rings. The Morgan fingerprint density at radius 2 is 2.19 bits per heavy atom. The number of nitrogens with one attached hydrogen (secondary N) is 2. The normalized spacial score (nSPS) is 21.1. The highest BCUT2D eigenvalue weighted by atomic mass is 16.5. The lowest BCUT2D eigenvalue weighted by Crippen LogP contribution is -2.37. The van der Waals surface area contributed by atoms with Gasteiger partial charge in [-0.05, 0) is 25.5 Å². The molecule has 1 aliphatic heterocycles. The number of ether oxygens (including phenoxy) is 1. The molecule has 3 heteroatoms. The largest absolute Gasteiger partial charge is 0.474 e. The van der Waals surface area contributed by atoms with E-state index in [1.807, 2.05) is 12.1 Å². The maximum absolute atomic E-state index is 5.92. The van der Waals surface area contributed by atoms with Crippen LogP contribution in [0.25, 0.3) is 10.9 Å². The molecule has 1 aliphatic rings. The van der Waals surface area contributed by atoms with E-state index in [2.05, 4.69) is 28.5 Å². The van der Waals surface area contributed by atoms with Crippen LogP contribution in [-0.2, 0) is 0 Å². The summed E-state index contributed by atoms with van der Waals surface area (Å²) < 4.78 is 5.92. The summed E-state index contributed by atoms with van der Waals surface area (Å²) in [7, 11) is 0.